The number of nitrogens with zero attached hydrogens (tertiary/aromatic N) is 1. The summed E-state index contributed by atoms with van der Waals surface area (Å²) in [5.41, 5.74) is 11.7. The summed E-state index contributed by atoms with van der Waals surface area (Å²) < 4.78 is 0. The molecule has 13 nitrogen and oxygen atoms in total. The number of nitrogens with two attached hydrogens (primary N) is 2. The highest BCUT2D eigenvalue weighted by molar-refractivity contribution is 5.96. The maximum Gasteiger partial charge on any atom is 0.326 e. The van der Waals surface area contributed by atoms with Crippen molar-refractivity contribution in [1.29, 1.82) is 0 Å². The van der Waals surface area contributed by atoms with Crippen molar-refractivity contribution in [2.45, 2.75) is 71.1 Å². The van der Waals surface area contributed by atoms with E-state index in [1.807, 2.05) is 6.92 Å². The molecule has 0 saturated heterocycles. The Bertz CT molecular complexity index is 858. The molecule has 0 aliphatic rings. The Labute approximate surface area is 197 Å². The van der Waals surface area contributed by atoms with Crippen LogP contribution >= 0.6 is 0 Å². The average Bonchev–Trinajstić information content (AvgIpc) is 3.27. The molecule has 13 heteroatoms. The van der Waals surface area contributed by atoms with E-state index >= 15 is 0 Å². The van der Waals surface area contributed by atoms with Crippen LogP contribution in [0, 0.1) is 11.8 Å². The molecular formula is C21H35N7O6. The number of H-pyrrole nitrogens is 1. The van der Waals surface area contributed by atoms with Crippen molar-refractivity contribution in [2.24, 2.45) is 23.3 Å². The van der Waals surface area contributed by atoms with Crippen LogP contribution < -0.4 is 27.4 Å². The first kappa shape index (κ1) is 28.6. The number of carboxylic acids is 1. The zero-order chi connectivity index (χ0) is 26.0. The minimum Gasteiger partial charge on any atom is -0.480 e. The minimum atomic E-state index is -1.45. The zero-order valence-corrected chi connectivity index (χ0v) is 19.8. The zero-order valence-electron chi connectivity index (χ0n) is 19.8. The maximum atomic E-state index is 13.1. The number of imidazole rings is 1. The van der Waals surface area contributed by atoms with Crippen LogP contribution in [-0.4, -0.2) is 68.8 Å². The predicted octanol–water partition coefficient (Wildman–Crippen LogP) is -1.60. The van der Waals surface area contributed by atoms with Crippen LogP contribution in [0.25, 0.3) is 0 Å². The first-order valence-electron chi connectivity index (χ1n) is 11.0. The normalized spacial score (nSPS) is 15.5. The number of carbonyl (C=O) groups is 5. The second kappa shape index (κ2) is 13.3. The van der Waals surface area contributed by atoms with E-state index in [0.29, 0.717) is 12.1 Å². The number of aliphatic carboxylic acids is 1. The minimum absolute atomic E-state index is 0.000541. The van der Waals surface area contributed by atoms with Gasteiger partial charge in [-0.2, -0.15) is 0 Å². The number of primary amides is 1. The predicted molar refractivity (Wildman–Crippen MR) is 122 cm³/mol. The van der Waals surface area contributed by atoms with Crippen LogP contribution in [0.2, 0.25) is 0 Å². The van der Waals surface area contributed by atoms with Crippen molar-refractivity contribution >= 4 is 29.6 Å². The molecule has 0 fully saturated rings. The standard InChI is InChI=1S/C21H35N7O6/c1-5-11(4)16(23)20(32)27-13(6-12-8-24-9-25-12)18(30)26-14(7-15(22)29)19(31)28-17(10(2)3)21(33)34/h8-11,13-14,16-17H,5-7,23H2,1-4H3,(H2,22,29)(H,24,25)(H,26,30)(H,27,32)(H,28,31)(H,33,34). The van der Waals surface area contributed by atoms with E-state index in [9.17, 15) is 29.1 Å². The SMILES string of the molecule is CCC(C)C(N)C(=O)NC(Cc1cnc[nH]1)C(=O)NC(CC(N)=O)C(=O)NC(C(=O)O)C(C)C. The number of aromatic nitrogens is 2. The van der Waals surface area contributed by atoms with E-state index in [1.165, 1.54) is 12.5 Å². The van der Waals surface area contributed by atoms with Gasteiger partial charge in [-0.15, -0.1) is 0 Å². The first-order valence-corrected chi connectivity index (χ1v) is 11.0. The van der Waals surface area contributed by atoms with Gasteiger partial charge in [0.2, 0.25) is 23.6 Å². The largest absolute Gasteiger partial charge is 0.480 e. The molecule has 1 aromatic heterocycles. The van der Waals surface area contributed by atoms with Gasteiger partial charge >= 0.3 is 5.97 Å². The first-order chi connectivity index (χ1) is 15.9. The quantitative estimate of drug-likeness (QED) is 0.163. The molecule has 4 amide bonds. The molecule has 0 aliphatic heterocycles. The third-order valence-corrected chi connectivity index (χ3v) is 5.44. The van der Waals surface area contributed by atoms with Gasteiger partial charge < -0.3 is 37.5 Å². The van der Waals surface area contributed by atoms with Crippen molar-refractivity contribution in [2.75, 3.05) is 0 Å². The van der Waals surface area contributed by atoms with Gasteiger partial charge in [-0.25, -0.2) is 9.78 Å². The van der Waals surface area contributed by atoms with Gasteiger partial charge in [-0.1, -0.05) is 34.1 Å². The van der Waals surface area contributed by atoms with Crippen LogP contribution in [0.1, 0.15) is 46.2 Å². The molecule has 34 heavy (non-hydrogen) atoms. The lowest BCUT2D eigenvalue weighted by Crippen LogP contribution is -2.59. The van der Waals surface area contributed by atoms with E-state index in [4.69, 9.17) is 11.5 Å². The average molecular weight is 482 g/mol. The molecule has 0 aromatic carbocycles. The molecule has 0 spiro atoms. The molecule has 1 rings (SSSR count). The van der Waals surface area contributed by atoms with Crippen LogP contribution in [0.5, 0.6) is 0 Å². The van der Waals surface area contributed by atoms with Crippen molar-refractivity contribution < 1.29 is 29.1 Å². The number of amides is 4. The van der Waals surface area contributed by atoms with E-state index in [1.54, 1.807) is 20.8 Å². The topological polar surface area (TPSA) is 222 Å². The smallest absolute Gasteiger partial charge is 0.326 e. The maximum absolute atomic E-state index is 13.1. The second-order valence-electron chi connectivity index (χ2n) is 8.55. The van der Waals surface area contributed by atoms with Crippen molar-refractivity contribution in [3.05, 3.63) is 18.2 Å². The Morgan fingerprint density at radius 3 is 2.09 bits per heavy atom. The summed E-state index contributed by atoms with van der Waals surface area (Å²) in [7, 11) is 0. The Kier molecular flexibility index (Phi) is 11.2. The molecule has 190 valence electrons. The van der Waals surface area contributed by atoms with Crippen LogP contribution in [0.3, 0.4) is 0 Å². The molecule has 5 atom stereocenters. The van der Waals surface area contributed by atoms with Crippen LogP contribution in [-0.2, 0) is 30.4 Å². The summed E-state index contributed by atoms with van der Waals surface area (Å²) in [5.74, 6) is -4.99. The number of hydrogen-bond acceptors (Lipinski definition) is 7. The Morgan fingerprint density at radius 2 is 1.62 bits per heavy atom. The summed E-state index contributed by atoms with van der Waals surface area (Å²) in [6.45, 7) is 6.87. The second-order valence-corrected chi connectivity index (χ2v) is 8.55. The molecule has 9 N–H and O–H groups in total. The fraction of sp³-hybridized carbons (Fsp3) is 0.619. The van der Waals surface area contributed by atoms with Gasteiger partial charge in [0.15, 0.2) is 0 Å². The molecule has 0 saturated carbocycles. The molecule has 1 heterocycles. The van der Waals surface area contributed by atoms with Gasteiger partial charge in [0.05, 0.1) is 18.8 Å². The van der Waals surface area contributed by atoms with Crippen molar-refractivity contribution in [3.63, 3.8) is 0 Å². The summed E-state index contributed by atoms with van der Waals surface area (Å²) >= 11 is 0. The molecule has 5 unspecified atom stereocenters. The van der Waals surface area contributed by atoms with Gasteiger partial charge in [0.25, 0.3) is 0 Å². The Hall–Kier alpha value is -3.48. The van der Waals surface area contributed by atoms with E-state index in [-0.39, 0.29) is 12.3 Å². The molecule has 1 aromatic rings. The summed E-state index contributed by atoms with van der Waals surface area (Å²) in [4.78, 5) is 68.1. The van der Waals surface area contributed by atoms with Gasteiger partial charge in [0.1, 0.15) is 18.1 Å². The number of carboxylic acid groups (broad SMARTS) is 1. The summed E-state index contributed by atoms with van der Waals surface area (Å²) in [6.07, 6.45) is 2.94. The van der Waals surface area contributed by atoms with Crippen molar-refractivity contribution in [1.82, 2.24) is 25.9 Å². The molecule has 0 bridgehead atoms. The van der Waals surface area contributed by atoms with Gasteiger partial charge in [0, 0.05) is 18.3 Å². The number of hydrogen-bond donors (Lipinski definition) is 7. The van der Waals surface area contributed by atoms with Gasteiger partial charge in [-0.05, 0) is 11.8 Å². The lowest BCUT2D eigenvalue weighted by Gasteiger charge is -2.26. The lowest BCUT2D eigenvalue weighted by molar-refractivity contribution is -0.143. The highest BCUT2D eigenvalue weighted by atomic mass is 16.4. The van der Waals surface area contributed by atoms with E-state index in [0.717, 1.165) is 0 Å². The highest BCUT2D eigenvalue weighted by Crippen LogP contribution is 2.08. The summed E-state index contributed by atoms with van der Waals surface area (Å²) in [5, 5.41) is 16.6. The lowest BCUT2D eigenvalue weighted by atomic mass is 9.98. The fourth-order valence-corrected chi connectivity index (χ4v) is 3.06. The Morgan fingerprint density at radius 1 is 1.03 bits per heavy atom. The molecule has 0 aliphatic carbocycles. The number of aromatic amines is 1. The summed E-state index contributed by atoms with van der Waals surface area (Å²) in [6, 6.07) is -4.72. The molecule has 0 radical (unpaired) electrons. The highest BCUT2D eigenvalue weighted by Gasteiger charge is 2.32. The van der Waals surface area contributed by atoms with Crippen molar-refractivity contribution in [3.8, 4) is 0 Å². The number of rotatable bonds is 14. The Balaban J connectivity index is 3.08. The molecular weight excluding hydrogens is 446 g/mol. The monoisotopic (exact) mass is 481 g/mol. The van der Waals surface area contributed by atoms with Crippen LogP contribution in [0.15, 0.2) is 12.5 Å². The van der Waals surface area contributed by atoms with E-state index < -0.39 is 66.1 Å². The van der Waals surface area contributed by atoms with E-state index in [2.05, 4.69) is 25.9 Å². The fourth-order valence-electron chi connectivity index (χ4n) is 3.06. The number of carbonyl (C=O) groups excluding carboxylic acids is 4. The van der Waals surface area contributed by atoms with Crippen LogP contribution in [0.4, 0.5) is 0 Å². The van der Waals surface area contributed by atoms with Gasteiger partial charge in [-0.3, -0.25) is 19.2 Å². The number of nitrogens with one attached hydrogen (secondary N) is 4. The third-order valence-electron chi connectivity index (χ3n) is 5.44. The third kappa shape index (κ3) is 8.81.